The molecule has 2 N–H and O–H groups in total. The summed E-state index contributed by atoms with van der Waals surface area (Å²) in [6.07, 6.45) is 0. The topological polar surface area (TPSA) is 96.3 Å². The summed E-state index contributed by atoms with van der Waals surface area (Å²) in [6.45, 7) is -0.519. The largest absolute Gasteiger partial charge is 0.484 e. The minimum absolute atomic E-state index is 0.125. The first-order valence-corrected chi connectivity index (χ1v) is 7.64. The van der Waals surface area contributed by atoms with Crippen LogP contribution in [-0.2, 0) is 14.1 Å². The summed E-state index contributed by atoms with van der Waals surface area (Å²) < 4.78 is 7.08. The van der Waals surface area contributed by atoms with Gasteiger partial charge in [-0.3, -0.25) is 18.7 Å². The third-order valence-electron chi connectivity index (χ3n) is 3.32. The summed E-state index contributed by atoms with van der Waals surface area (Å²) in [7, 11) is 2.60. The Kier molecular flexibility index (Phi) is 5.27. The molecular formula is C14H12Cl3N3O4. The summed E-state index contributed by atoms with van der Waals surface area (Å²) in [5.74, 6) is -0.817. The molecule has 0 unspecified atom stereocenters. The van der Waals surface area contributed by atoms with Gasteiger partial charge in [-0.05, 0) is 6.07 Å². The number of nitrogens with zero attached hydrogens (tertiary/aromatic N) is 2. The van der Waals surface area contributed by atoms with Crippen LogP contribution in [0.5, 0.6) is 5.75 Å². The molecule has 2 rings (SSSR count). The lowest BCUT2D eigenvalue weighted by Crippen LogP contribution is -2.42. The van der Waals surface area contributed by atoms with E-state index in [2.05, 4.69) is 0 Å². The van der Waals surface area contributed by atoms with E-state index in [1.807, 2.05) is 0 Å². The number of benzene rings is 1. The predicted octanol–water partition coefficient (Wildman–Crippen LogP) is 1.89. The lowest BCUT2D eigenvalue weighted by atomic mass is 10.2. The van der Waals surface area contributed by atoms with Crippen molar-refractivity contribution in [3.8, 4) is 5.75 Å². The molecule has 10 heteroatoms. The second-order valence-corrected chi connectivity index (χ2v) is 6.10. The average Bonchev–Trinajstić information content (AvgIpc) is 2.53. The van der Waals surface area contributed by atoms with Crippen molar-refractivity contribution in [3.05, 3.63) is 53.6 Å². The van der Waals surface area contributed by atoms with Crippen LogP contribution in [0.3, 0.4) is 0 Å². The summed E-state index contributed by atoms with van der Waals surface area (Å²) in [5.41, 5.74) is 3.93. The summed E-state index contributed by atoms with van der Waals surface area (Å²) in [6, 6.07) is 2.71. The lowest BCUT2D eigenvalue weighted by Gasteiger charge is -2.12. The van der Waals surface area contributed by atoms with Crippen molar-refractivity contribution in [2.45, 2.75) is 0 Å². The van der Waals surface area contributed by atoms with Gasteiger partial charge in [0.25, 0.3) is 5.56 Å². The Balaban J connectivity index is 2.34. The van der Waals surface area contributed by atoms with Crippen LogP contribution >= 0.6 is 34.8 Å². The highest BCUT2D eigenvalue weighted by Crippen LogP contribution is 2.33. The van der Waals surface area contributed by atoms with Gasteiger partial charge in [-0.25, -0.2) is 4.79 Å². The van der Waals surface area contributed by atoms with Gasteiger partial charge in [0.2, 0.25) is 5.78 Å². The van der Waals surface area contributed by atoms with Crippen LogP contribution in [0, 0.1) is 0 Å². The fraction of sp³-hybridized carbons (Fsp3) is 0.214. The third kappa shape index (κ3) is 3.28. The Morgan fingerprint density at radius 3 is 2.29 bits per heavy atom. The number of carbonyl (C=O) groups is 1. The van der Waals surface area contributed by atoms with E-state index in [0.29, 0.717) is 0 Å². The maximum atomic E-state index is 12.3. The molecule has 0 atom stereocenters. The zero-order valence-corrected chi connectivity index (χ0v) is 14.9. The van der Waals surface area contributed by atoms with Crippen molar-refractivity contribution in [1.29, 1.82) is 0 Å². The number of ether oxygens (including phenoxy) is 1. The molecule has 7 nitrogen and oxygen atoms in total. The van der Waals surface area contributed by atoms with Crippen molar-refractivity contribution in [1.82, 2.24) is 9.13 Å². The highest BCUT2D eigenvalue weighted by molar-refractivity contribution is 6.43. The van der Waals surface area contributed by atoms with Crippen molar-refractivity contribution in [2.75, 3.05) is 12.3 Å². The van der Waals surface area contributed by atoms with Gasteiger partial charge in [-0.1, -0.05) is 34.8 Å². The molecule has 0 aliphatic heterocycles. The maximum Gasteiger partial charge on any atom is 0.332 e. The molecular weight excluding hydrogens is 381 g/mol. The second-order valence-electron chi connectivity index (χ2n) is 4.87. The number of anilines is 1. The third-order valence-corrected chi connectivity index (χ3v) is 4.34. The van der Waals surface area contributed by atoms with E-state index < -0.39 is 23.6 Å². The van der Waals surface area contributed by atoms with Crippen molar-refractivity contribution in [2.24, 2.45) is 14.1 Å². The summed E-state index contributed by atoms with van der Waals surface area (Å²) in [5, 5.41) is 0.580. The Bertz CT molecular complexity index is 950. The molecule has 0 aliphatic rings. The number of nitrogens with two attached hydrogens (primary N) is 1. The average molecular weight is 393 g/mol. The molecule has 0 fully saturated rings. The Labute approximate surface area is 151 Å². The normalized spacial score (nSPS) is 10.7. The van der Waals surface area contributed by atoms with E-state index in [9.17, 15) is 14.4 Å². The maximum absolute atomic E-state index is 12.3. The van der Waals surface area contributed by atoms with Crippen molar-refractivity contribution < 1.29 is 9.53 Å². The molecule has 0 spiro atoms. The summed E-state index contributed by atoms with van der Waals surface area (Å²) >= 11 is 17.6. The number of rotatable bonds is 4. The molecule has 1 heterocycles. The molecule has 1 aromatic carbocycles. The van der Waals surface area contributed by atoms with Crippen LogP contribution in [0.1, 0.15) is 10.4 Å². The van der Waals surface area contributed by atoms with Gasteiger partial charge >= 0.3 is 5.69 Å². The first-order valence-electron chi connectivity index (χ1n) is 6.51. The fourth-order valence-electron chi connectivity index (χ4n) is 1.95. The SMILES string of the molecule is Cn1c(N)c(C(=O)COc2cc(Cl)c(Cl)cc2Cl)c(=O)n(C)c1=O. The van der Waals surface area contributed by atoms with Crippen molar-refractivity contribution in [3.63, 3.8) is 0 Å². The molecule has 128 valence electrons. The van der Waals surface area contributed by atoms with Gasteiger partial charge in [0.1, 0.15) is 17.1 Å². The van der Waals surface area contributed by atoms with Gasteiger partial charge < -0.3 is 10.5 Å². The van der Waals surface area contributed by atoms with Crippen LogP contribution in [-0.4, -0.2) is 21.5 Å². The van der Waals surface area contributed by atoms with E-state index in [-0.39, 0.29) is 32.2 Å². The molecule has 0 saturated heterocycles. The molecule has 24 heavy (non-hydrogen) atoms. The van der Waals surface area contributed by atoms with E-state index >= 15 is 0 Å². The Morgan fingerprint density at radius 2 is 1.67 bits per heavy atom. The van der Waals surface area contributed by atoms with Gasteiger partial charge in [0.15, 0.2) is 6.61 Å². The van der Waals surface area contributed by atoms with Crippen LogP contribution in [0.15, 0.2) is 21.7 Å². The monoisotopic (exact) mass is 391 g/mol. The van der Waals surface area contributed by atoms with Crippen molar-refractivity contribution >= 4 is 46.4 Å². The molecule has 0 amide bonds. The second kappa shape index (κ2) is 6.88. The standard InChI is InChI=1S/C14H12Cl3N3O4/c1-19-12(18)11(13(22)20(2)14(19)23)9(21)5-24-10-4-7(16)6(15)3-8(10)17/h3-4H,5,18H2,1-2H3. The number of hydrogen-bond donors (Lipinski definition) is 1. The quantitative estimate of drug-likeness (QED) is 0.633. The van der Waals surface area contributed by atoms with Crippen LogP contribution in [0.4, 0.5) is 5.82 Å². The van der Waals surface area contributed by atoms with E-state index in [0.717, 1.165) is 9.13 Å². The number of carbonyl (C=O) groups excluding carboxylic acids is 1. The van der Waals surface area contributed by atoms with Crippen LogP contribution in [0.2, 0.25) is 15.1 Å². The minimum atomic E-state index is -0.801. The number of hydrogen-bond acceptors (Lipinski definition) is 5. The number of halogens is 3. The van der Waals surface area contributed by atoms with E-state index in [4.69, 9.17) is 45.3 Å². The highest BCUT2D eigenvalue weighted by Gasteiger charge is 2.21. The van der Waals surface area contributed by atoms with Crippen LogP contribution < -0.4 is 21.7 Å². The number of Topliss-reactive ketones (excluding diaryl/α,β-unsaturated/α-hetero) is 1. The van der Waals surface area contributed by atoms with Gasteiger partial charge in [0.05, 0.1) is 15.1 Å². The van der Waals surface area contributed by atoms with Gasteiger partial charge in [0, 0.05) is 20.2 Å². The fourth-order valence-corrected chi connectivity index (χ4v) is 2.54. The minimum Gasteiger partial charge on any atom is -0.484 e. The number of aromatic nitrogens is 2. The first kappa shape index (κ1) is 18.4. The Morgan fingerprint density at radius 1 is 1.08 bits per heavy atom. The van der Waals surface area contributed by atoms with Gasteiger partial charge in [-0.15, -0.1) is 0 Å². The molecule has 0 saturated carbocycles. The van der Waals surface area contributed by atoms with E-state index in [1.165, 1.54) is 26.2 Å². The molecule has 1 aromatic heterocycles. The first-order chi connectivity index (χ1) is 11.1. The highest BCUT2D eigenvalue weighted by atomic mass is 35.5. The van der Waals surface area contributed by atoms with Gasteiger partial charge in [-0.2, -0.15) is 0 Å². The molecule has 0 aliphatic carbocycles. The smallest absolute Gasteiger partial charge is 0.332 e. The molecule has 0 radical (unpaired) electrons. The zero-order valence-electron chi connectivity index (χ0n) is 12.6. The predicted molar refractivity (Wildman–Crippen MR) is 92.6 cm³/mol. The summed E-state index contributed by atoms with van der Waals surface area (Å²) in [4.78, 5) is 36.1. The van der Waals surface area contributed by atoms with Crippen LogP contribution in [0.25, 0.3) is 0 Å². The molecule has 2 aromatic rings. The molecule has 0 bridgehead atoms. The number of ketones is 1. The Hall–Kier alpha value is -1.96. The van der Waals surface area contributed by atoms with E-state index in [1.54, 1.807) is 0 Å². The zero-order chi connectivity index (χ0) is 18.2. The number of nitrogen functional groups attached to an aromatic ring is 1. The lowest BCUT2D eigenvalue weighted by molar-refractivity contribution is 0.0919.